The summed E-state index contributed by atoms with van der Waals surface area (Å²) in [5.41, 5.74) is -1.06. The highest BCUT2D eigenvalue weighted by Crippen LogP contribution is 2.46. The summed E-state index contributed by atoms with van der Waals surface area (Å²) in [6, 6.07) is 0. The molecule has 2 rings (SSSR count). The largest absolute Gasteiger partial charge is 0.341 e. The number of carbonyl (C=O) groups excluding carboxylic acids is 2. The molecule has 2 N–H and O–H groups in total. The first-order chi connectivity index (χ1) is 9.58. The van der Waals surface area contributed by atoms with Gasteiger partial charge in [-0.15, -0.1) is 0 Å². The Morgan fingerprint density at radius 2 is 1.86 bits per heavy atom. The van der Waals surface area contributed by atoms with E-state index in [0.717, 1.165) is 0 Å². The topological polar surface area (TPSA) is 92.3 Å². The Kier molecular flexibility index (Phi) is 3.85. The van der Waals surface area contributed by atoms with Crippen molar-refractivity contribution in [3.8, 4) is 0 Å². The monoisotopic (exact) mass is 316 g/mol. The summed E-state index contributed by atoms with van der Waals surface area (Å²) in [4.78, 5) is 24.4. The summed E-state index contributed by atoms with van der Waals surface area (Å²) in [7, 11) is -3.66. The quantitative estimate of drug-likeness (QED) is 0.762. The lowest BCUT2D eigenvalue weighted by Gasteiger charge is -2.21. The van der Waals surface area contributed by atoms with Crippen LogP contribution in [-0.4, -0.2) is 30.5 Å². The van der Waals surface area contributed by atoms with Crippen LogP contribution < -0.4 is 10.0 Å². The highest BCUT2D eigenvalue weighted by atomic mass is 32.2. The molecule has 0 bridgehead atoms. The van der Waals surface area contributed by atoms with Crippen molar-refractivity contribution in [2.24, 2.45) is 11.8 Å². The van der Waals surface area contributed by atoms with Gasteiger partial charge in [0.15, 0.2) is 0 Å². The van der Waals surface area contributed by atoms with E-state index in [1.807, 2.05) is 13.8 Å². The molecule has 0 spiro atoms. The Labute approximate surface area is 126 Å². The molecule has 6 nitrogen and oxygen atoms in total. The molecule has 0 saturated heterocycles. The van der Waals surface area contributed by atoms with Crippen molar-refractivity contribution in [2.45, 2.75) is 63.7 Å². The van der Waals surface area contributed by atoms with E-state index in [1.165, 1.54) is 0 Å². The fourth-order valence-electron chi connectivity index (χ4n) is 2.28. The maximum atomic E-state index is 12.4. The zero-order valence-electron chi connectivity index (χ0n) is 13.0. The number of rotatable bonds is 6. The van der Waals surface area contributed by atoms with Crippen molar-refractivity contribution in [1.29, 1.82) is 0 Å². The van der Waals surface area contributed by atoms with E-state index in [9.17, 15) is 18.0 Å². The van der Waals surface area contributed by atoms with E-state index in [-0.39, 0.29) is 17.7 Å². The van der Waals surface area contributed by atoms with Crippen molar-refractivity contribution < 1.29 is 18.0 Å². The summed E-state index contributed by atoms with van der Waals surface area (Å²) in [5.74, 6) is -1.04. The van der Waals surface area contributed by atoms with Crippen molar-refractivity contribution in [1.82, 2.24) is 10.0 Å². The number of amides is 2. The third-order valence-corrected chi connectivity index (χ3v) is 7.11. The standard InChI is InChI=1S/C14H24N2O4S/c1-5-9(2)11(17)15-14(8-10(14)3)12(18)16-21(19,20)13(4)6-7-13/h9-10H,5-8H2,1-4H3,(H,15,17)(H,16,18). The molecule has 2 amide bonds. The van der Waals surface area contributed by atoms with E-state index < -0.39 is 26.2 Å². The van der Waals surface area contributed by atoms with Crippen LogP contribution in [0.5, 0.6) is 0 Å². The first-order valence-electron chi connectivity index (χ1n) is 7.47. The van der Waals surface area contributed by atoms with E-state index in [2.05, 4.69) is 10.0 Å². The normalized spacial score (nSPS) is 31.1. The summed E-state index contributed by atoms with van der Waals surface area (Å²) in [6.45, 7) is 7.15. The average molecular weight is 316 g/mol. The van der Waals surface area contributed by atoms with Gasteiger partial charge in [0.1, 0.15) is 5.54 Å². The maximum Gasteiger partial charge on any atom is 0.259 e. The number of hydrogen-bond donors (Lipinski definition) is 2. The molecule has 0 aromatic carbocycles. The SMILES string of the molecule is CCC(C)C(=O)NC1(C(=O)NS(=O)(=O)C2(C)CC2)CC1C. The highest BCUT2D eigenvalue weighted by Gasteiger charge is 2.61. The first kappa shape index (κ1) is 16.3. The fourth-order valence-corrected chi connectivity index (χ4v) is 3.59. The van der Waals surface area contributed by atoms with Crippen LogP contribution in [0, 0.1) is 11.8 Å². The molecule has 0 radical (unpaired) electrons. The van der Waals surface area contributed by atoms with Crippen molar-refractivity contribution in [2.75, 3.05) is 0 Å². The zero-order chi connectivity index (χ0) is 16.1. The average Bonchev–Trinajstić information content (AvgIpc) is 3.28. The zero-order valence-corrected chi connectivity index (χ0v) is 13.8. The molecule has 2 fully saturated rings. The molecule has 21 heavy (non-hydrogen) atoms. The molecule has 3 atom stereocenters. The molecule has 120 valence electrons. The van der Waals surface area contributed by atoms with Crippen molar-refractivity contribution >= 4 is 21.8 Å². The molecular weight excluding hydrogens is 292 g/mol. The van der Waals surface area contributed by atoms with E-state index >= 15 is 0 Å². The van der Waals surface area contributed by atoms with Crippen LogP contribution in [0.25, 0.3) is 0 Å². The van der Waals surface area contributed by atoms with Crippen LogP contribution in [0.3, 0.4) is 0 Å². The minimum absolute atomic E-state index is 0.0484. The van der Waals surface area contributed by atoms with Gasteiger partial charge in [-0.1, -0.05) is 20.8 Å². The second kappa shape index (κ2) is 4.97. The highest BCUT2D eigenvalue weighted by molar-refractivity contribution is 7.91. The lowest BCUT2D eigenvalue weighted by molar-refractivity contribution is -0.131. The smallest absolute Gasteiger partial charge is 0.259 e. The molecule has 3 unspecified atom stereocenters. The van der Waals surface area contributed by atoms with E-state index in [1.54, 1.807) is 13.8 Å². The fraction of sp³-hybridized carbons (Fsp3) is 0.857. The van der Waals surface area contributed by atoms with E-state index in [4.69, 9.17) is 0 Å². The van der Waals surface area contributed by atoms with E-state index in [0.29, 0.717) is 25.7 Å². The number of hydrogen-bond acceptors (Lipinski definition) is 4. The Hall–Kier alpha value is -1.11. The van der Waals surface area contributed by atoms with Gasteiger partial charge >= 0.3 is 0 Å². The first-order valence-corrected chi connectivity index (χ1v) is 8.95. The van der Waals surface area contributed by atoms with Gasteiger partial charge in [-0.05, 0) is 38.5 Å². The van der Waals surface area contributed by atoms with Gasteiger partial charge in [0, 0.05) is 5.92 Å². The number of nitrogens with one attached hydrogen (secondary N) is 2. The lowest BCUT2D eigenvalue weighted by atomic mass is 10.1. The minimum Gasteiger partial charge on any atom is -0.341 e. The van der Waals surface area contributed by atoms with Gasteiger partial charge < -0.3 is 5.32 Å². The third-order valence-electron chi connectivity index (χ3n) is 4.95. The molecule has 7 heteroatoms. The van der Waals surface area contributed by atoms with Crippen LogP contribution in [0.15, 0.2) is 0 Å². The van der Waals surface area contributed by atoms with Crippen molar-refractivity contribution in [3.63, 3.8) is 0 Å². The molecule has 2 saturated carbocycles. The van der Waals surface area contributed by atoms with Gasteiger partial charge in [0.05, 0.1) is 4.75 Å². The van der Waals surface area contributed by atoms with Gasteiger partial charge in [0.2, 0.25) is 15.9 Å². The molecule has 2 aliphatic carbocycles. The molecule has 0 aromatic rings. The minimum atomic E-state index is -3.66. The Bertz CT molecular complexity index is 568. The van der Waals surface area contributed by atoms with Gasteiger partial charge in [-0.2, -0.15) is 0 Å². The lowest BCUT2D eigenvalue weighted by Crippen LogP contribution is -2.54. The molecule has 0 aliphatic heterocycles. The summed E-state index contributed by atoms with van der Waals surface area (Å²) in [5, 5.41) is 2.75. The second-order valence-corrected chi connectivity index (χ2v) is 8.96. The summed E-state index contributed by atoms with van der Waals surface area (Å²) < 4.78 is 25.6. The third kappa shape index (κ3) is 2.80. The second-order valence-electron chi connectivity index (χ2n) is 6.76. The van der Waals surface area contributed by atoms with Crippen LogP contribution in [0.2, 0.25) is 0 Å². The maximum absolute atomic E-state index is 12.4. The Morgan fingerprint density at radius 3 is 2.24 bits per heavy atom. The predicted octanol–water partition coefficient (Wildman–Crippen LogP) is 0.926. The van der Waals surface area contributed by atoms with Crippen LogP contribution in [-0.2, 0) is 19.6 Å². The van der Waals surface area contributed by atoms with Crippen LogP contribution >= 0.6 is 0 Å². The van der Waals surface area contributed by atoms with Crippen LogP contribution in [0.1, 0.15) is 53.4 Å². The Morgan fingerprint density at radius 1 is 1.33 bits per heavy atom. The van der Waals surface area contributed by atoms with Gasteiger partial charge in [0.25, 0.3) is 5.91 Å². The van der Waals surface area contributed by atoms with Gasteiger partial charge in [-0.25, -0.2) is 8.42 Å². The van der Waals surface area contributed by atoms with Gasteiger partial charge in [-0.3, -0.25) is 14.3 Å². The molecule has 0 aromatic heterocycles. The molecule has 2 aliphatic rings. The molecular formula is C14H24N2O4S. The number of carbonyl (C=O) groups is 2. The number of sulfonamides is 1. The van der Waals surface area contributed by atoms with Crippen LogP contribution in [0.4, 0.5) is 0 Å². The summed E-state index contributed by atoms with van der Waals surface area (Å²) >= 11 is 0. The summed E-state index contributed by atoms with van der Waals surface area (Å²) in [6.07, 6.45) is 2.29. The predicted molar refractivity (Wildman–Crippen MR) is 78.8 cm³/mol. The Balaban J connectivity index is 2.08. The van der Waals surface area contributed by atoms with Crippen molar-refractivity contribution in [3.05, 3.63) is 0 Å². The molecule has 0 heterocycles.